The molecule has 102 valence electrons. The zero-order valence-electron chi connectivity index (χ0n) is 10.8. The number of carbonyl (C=O) groups excluding carboxylic acids is 1. The first-order valence-corrected chi connectivity index (χ1v) is 7.14. The Hall–Kier alpha value is -1.13. The third-order valence-corrected chi connectivity index (χ3v) is 4.34. The molecule has 0 radical (unpaired) electrons. The van der Waals surface area contributed by atoms with Crippen molar-refractivity contribution in [1.82, 2.24) is 5.32 Å². The van der Waals surface area contributed by atoms with E-state index < -0.39 is 0 Å². The van der Waals surface area contributed by atoms with Crippen molar-refractivity contribution in [1.29, 1.82) is 0 Å². The maximum atomic E-state index is 12.2. The van der Waals surface area contributed by atoms with Gasteiger partial charge in [0.2, 0.25) is 0 Å². The van der Waals surface area contributed by atoms with Crippen LogP contribution in [0.5, 0.6) is 0 Å². The summed E-state index contributed by atoms with van der Waals surface area (Å²) in [5.74, 6) is -0.00470. The molecule has 1 fully saturated rings. The molecule has 5 heteroatoms. The average molecular weight is 297 g/mol. The number of nitrogens with two attached hydrogens (primary N) is 1. The van der Waals surface area contributed by atoms with Gasteiger partial charge in [-0.2, -0.15) is 0 Å². The molecule has 1 aromatic carbocycles. The van der Waals surface area contributed by atoms with Gasteiger partial charge in [0, 0.05) is 22.5 Å². The highest BCUT2D eigenvalue weighted by molar-refractivity contribution is 7.80. The van der Waals surface area contributed by atoms with Crippen molar-refractivity contribution in [2.45, 2.75) is 32.2 Å². The monoisotopic (exact) mass is 296 g/mol. The molecule has 2 atom stereocenters. The van der Waals surface area contributed by atoms with Crippen LogP contribution in [0.4, 0.5) is 0 Å². The van der Waals surface area contributed by atoms with E-state index in [-0.39, 0.29) is 17.9 Å². The SMILES string of the molecule is Cc1ccc(C(=O)NC2CCCC2C(N)=S)cc1Cl. The van der Waals surface area contributed by atoms with E-state index in [0.717, 1.165) is 24.8 Å². The minimum atomic E-state index is -0.116. The van der Waals surface area contributed by atoms with E-state index in [1.54, 1.807) is 12.1 Å². The van der Waals surface area contributed by atoms with Crippen LogP contribution in [0.3, 0.4) is 0 Å². The highest BCUT2D eigenvalue weighted by Gasteiger charge is 2.30. The molecule has 0 aliphatic heterocycles. The van der Waals surface area contributed by atoms with Crippen LogP contribution < -0.4 is 11.1 Å². The number of rotatable bonds is 3. The number of amides is 1. The number of hydrogen-bond acceptors (Lipinski definition) is 2. The van der Waals surface area contributed by atoms with Gasteiger partial charge in [0.25, 0.3) is 5.91 Å². The lowest BCUT2D eigenvalue weighted by Crippen LogP contribution is -2.41. The van der Waals surface area contributed by atoms with Crippen molar-refractivity contribution in [3.63, 3.8) is 0 Å². The van der Waals surface area contributed by atoms with Gasteiger partial charge in [-0.15, -0.1) is 0 Å². The molecule has 19 heavy (non-hydrogen) atoms. The number of aryl methyl sites for hydroxylation is 1. The predicted molar refractivity (Wildman–Crippen MR) is 81.6 cm³/mol. The van der Waals surface area contributed by atoms with E-state index in [1.807, 2.05) is 13.0 Å². The van der Waals surface area contributed by atoms with Crippen molar-refractivity contribution in [2.75, 3.05) is 0 Å². The van der Waals surface area contributed by atoms with Gasteiger partial charge in [0.05, 0.1) is 4.99 Å². The number of nitrogens with one attached hydrogen (secondary N) is 1. The molecule has 0 heterocycles. The second-order valence-electron chi connectivity index (χ2n) is 4.98. The number of benzene rings is 1. The standard InChI is InChI=1S/C14H17ClN2OS/c1-8-5-6-9(7-11(8)15)14(18)17-12-4-2-3-10(12)13(16)19/h5-7,10,12H,2-4H2,1H3,(H2,16,19)(H,17,18). The Morgan fingerprint density at radius 1 is 1.47 bits per heavy atom. The highest BCUT2D eigenvalue weighted by Crippen LogP contribution is 2.26. The summed E-state index contributed by atoms with van der Waals surface area (Å²) < 4.78 is 0. The molecule has 3 nitrogen and oxygen atoms in total. The van der Waals surface area contributed by atoms with Crippen LogP contribution in [0.25, 0.3) is 0 Å². The van der Waals surface area contributed by atoms with Crippen LogP contribution in [-0.4, -0.2) is 16.9 Å². The highest BCUT2D eigenvalue weighted by atomic mass is 35.5. The molecular weight excluding hydrogens is 280 g/mol. The van der Waals surface area contributed by atoms with E-state index in [1.165, 1.54) is 0 Å². The maximum Gasteiger partial charge on any atom is 0.251 e. The van der Waals surface area contributed by atoms with E-state index in [4.69, 9.17) is 29.6 Å². The second kappa shape index (κ2) is 5.88. The Labute approximate surface area is 123 Å². The summed E-state index contributed by atoms with van der Waals surface area (Å²) in [6, 6.07) is 5.36. The smallest absolute Gasteiger partial charge is 0.251 e. The normalized spacial score (nSPS) is 22.2. The number of thiocarbonyl (C=S) groups is 1. The quantitative estimate of drug-likeness (QED) is 0.843. The molecule has 1 aliphatic carbocycles. The Morgan fingerprint density at radius 3 is 2.84 bits per heavy atom. The summed E-state index contributed by atoms with van der Waals surface area (Å²) in [5.41, 5.74) is 7.24. The topological polar surface area (TPSA) is 55.1 Å². The molecule has 2 rings (SSSR count). The number of halogens is 1. The average Bonchev–Trinajstić information content (AvgIpc) is 2.80. The van der Waals surface area contributed by atoms with Gasteiger partial charge in [0.15, 0.2) is 0 Å². The Bertz CT molecular complexity index is 518. The van der Waals surface area contributed by atoms with Crippen LogP contribution in [-0.2, 0) is 0 Å². The molecule has 1 amide bonds. The lowest BCUT2D eigenvalue weighted by atomic mass is 10.0. The minimum absolute atomic E-state index is 0.0464. The third kappa shape index (κ3) is 3.25. The van der Waals surface area contributed by atoms with Crippen molar-refractivity contribution < 1.29 is 4.79 Å². The zero-order valence-corrected chi connectivity index (χ0v) is 12.4. The third-order valence-electron chi connectivity index (χ3n) is 3.63. The number of carbonyl (C=O) groups is 1. The molecule has 0 spiro atoms. The minimum Gasteiger partial charge on any atom is -0.393 e. The fourth-order valence-electron chi connectivity index (χ4n) is 2.46. The van der Waals surface area contributed by atoms with Crippen molar-refractivity contribution >= 4 is 34.7 Å². The zero-order chi connectivity index (χ0) is 14.0. The van der Waals surface area contributed by atoms with Gasteiger partial charge in [0.1, 0.15) is 0 Å². The Balaban J connectivity index is 2.08. The summed E-state index contributed by atoms with van der Waals surface area (Å²) in [5, 5.41) is 3.61. The first-order valence-electron chi connectivity index (χ1n) is 6.35. The lowest BCUT2D eigenvalue weighted by Gasteiger charge is -2.20. The summed E-state index contributed by atoms with van der Waals surface area (Å²) in [7, 11) is 0. The van der Waals surface area contributed by atoms with Gasteiger partial charge in [-0.1, -0.05) is 36.3 Å². The molecule has 0 saturated heterocycles. The summed E-state index contributed by atoms with van der Waals surface area (Å²) in [4.78, 5) is 12.7. The van der Waals surface area contributed by atoms with Crippen LogP contribution in [0.1, 0.15) is 35.2 Å². The largest absolute Gasteiger partial charge is 0.393 e. The van der Waals surface area contributed by atoms with Gasteiger partial charge in [-0.05, 0) is 37.5 Å². The van der Waals surface area contributed by atoms with Crippen molar-refractivity contribution in [3.8, 4) is 0 Å². The fourth-order valence-corrected chi connectivity index (χ4v) is 2.92. The fraction of sp³-hybridized carbons (Fsp3) is 0.429. The van der Waals surface area contributed by atoms with Gasteiger partial charge >= 0.3 is 0 Å². The molecule has 0 bridgehead atoms. The summed E-state index contributed by atoms with van der Waals surface area (Å²) >= 11 is 11.1. The van der Waals surface area contributed by atoms with Crippen LogP contribution in [0.15, 0.2) is 18.2 Å². The molecule has 3 N–H and O–H groups in total. The lowest BCUT2D eigenvalue weighted by molar-refractivity contribution is 0.0934. The first-order chi connectivity index (χ1) is 8.99. The second-order valence-corrected chi connectivity index (χ2v) is 5.86. The van der Waals surface area contributed by atoms with Crippen molar-refractivity contribution in [3.05, 3.63) is 34.3 Å². The van der Waals surface area contributed by atoms with E-state index in [2.05, 4.69) is 5.32 Å². The Morgan fingerprint density at radius 2 is 2.21 bits per heavy atom. The summed E-state index contributed by atoms with van der Waals surface area (Å²) in [6.07, 6.45) is 2.92. The van der Waals surface area contributed by atoms with Gasteiger partial charge in [-0.3, -0.25) is 4.79 Å². The summed E-state index contributed by atoms with van der Waals surface area (Å²) in [6.45, 7) is 1.91. The molecule has 1 aliphatic rings. The molecule has 1 saturated carbocycles. The predicted octanol–water partition coefficient (Wildman–Crippen LogP) is 2.83. The molecule has 1 aromatic rings. The number of hydrogen-bond donors (Lipinski definition) is 2. The molecule has 0 aromatic heterocycles. The first kappa shape index (κ1) is 14.3. The van der Waals surface area contributed by atoms with Crippen molar-refractivity contribution in [2.24, 2.45) is 11.7 Å². The maximum absolute atomic E-state index is 12.2. The Kier molecular flexibility index (Phi) is 4.42. The van der Waals surface area contributed by atoms with Gasteiger partial charge in [-0.25, -0.2) is 0 Å². The van der Waals surface area contributed by atoms with Crippen LogP contribution in [0.2, 0.25) is 5.02 Å². The molecular formula is C14H17ClN2OS. The van der Waals surface area contributed by atoms with Crippen LogP contribution in [0, 0.1) is 12.8 Å². The molecule has 2 unspecified atom stereocenters. The van der Waals surface area contributed by atoms with Crippen LogP contribution >= 0.6 is 23.8 Å². The van der Waals surface area contributed by atoms with Gasteiger partial charge < -0.3 is 11.1 Å². The van der Waals surface area contributed by atoms with E-state index in [9.17, 15) is 4.79 Å². The van der Waals surface area contributed by atoms with E-state index >= 15 is 0 Å². The van der Waals surface area contributed by atoms with E-state index in [0.29, 0.717) is 15.6 Å².